The van der Waals surface area contributed by atoms with Crippen molar-refractivity contribution in [1.82, 2.24) is 5.32 Å². The minimum atomic E-state index is 0.239. The minimum absolute atomic E-state index is 0.239. The number of fused-ring (bicyclic) bond motifs is 1. The van der Waals surface area contributed by atoms with E-state index in [1.54, 1.807) is 0 Å². The summed E-state index contributed by atoms with van der Waals surface area (Å²) in [6.45, 7) is 0. The first kappa shape index (κ1) is 11.0. The fourth-order valence-corrected chi connectivity index (χ4v) is 3.29. The number of nitrogens with one attached hydrogen (secondary N) is 1. The molecule has 0 radical (unpaired) electrons. The molecular formula is C15H19NO. The first-order valence-electron chi connectivity index (χ1n) is 6.68. The van der Waals surface area contributed by atoms with Gasteiger partial charge in [0.25, 0.3) is 0 Å². The van der Waals surface area contributed by atoms with Crippen LogP contribution < -0.4 is 5.32 Å². The average molecular weight is 229 g/mol. The van der Waals surface area contributed by atoms with Crippen molar-refractivity contribution in [1.29, 1.82) is 0 Å². The number of carbonyl (C=O) groups excluding carboxylic acids is 1. The van der Waals surface area contributed by atoms with Crippen LogP contribution in [-0.2, 0) is 4.79 Å². The normalized spacial score (nSPS) is 33.2. The van der Waals surface area contributed by atoms with E-state index < -0.39 is 0 Å². The Morgan fingerprint density at radius 1 is 1.06 bits per heavy atom. The van der Waals surface area contributed by atoms with Crippen molar-refractivity contribution >= 4 is 5.78 Å². The summed E-state index contributed by atoms with van der Waals surface area (Å²) in [6.07, 6.45) is 5.43. The Labute approximate surface area is 102 Å². The van der Waals surface area contributed by atoms with Gasteiger partial charge in [0.15, 0.2) is 0 Å². The molecule has 17 heavy (non-hydrogen) atoms. The number of rotatable bonds is 1. The van der Waals surface area contributed by atoms with E-state index in [-0.39, 0.29) is 6.04 Å². The van der Waals surface area contributed by atoms with Crippen LogP contribution in [0.25, 0.3) is 0 Å². The topological polar surface area (TPSA) is 29.1 Å². The van der Waals surface area contributed by atoms with E-state index in [4.69, 9.17) is 0 Å². The third-order valence-corrected chi connectivity index (χ3v) is 4.20. The molecule has 0 bridgehead atoms. The van der Waals surface area contributed by atoms with Gasteiger partial charge in [-0.15, -0.1) is 0 Å². The summed E-state index contributed by atoms with van der Waals surface area (Å²) in [4.78, 5) is 12.2. The second-order valence-corrected chi connectivity index (χ2v) is 5.30. The Hall–Kier alpha value is -1.15. The van der Waals surface area contributed by atoms with Gasteiger partial charge in [0.05, 0.1) is 0 Å². The highest BCUT2D eigenvalue weighted by molar-refractivity contribution is 5.83. The summed E-state index contributed by atoms with van der Waals surface area (Å²) in [6, 6.07) is 11.0. The van der Waals surface area contributed by atoms with Crippen molar-refractivity contribution < 1.29 is 4.79 Å². The molecule has 3 rings (SSSR count). The average Bonchev–Trinajstić information content (AvgIpc) is 2.40. The van der Waals surface area contributed by atoms with Crippen molar-refractivity contribution in [3.8, 4) is 0 Å². The highest BCUT2D eigenvalue weighted by atomic mass is 16.1. The molecule has 1 aromatic rings. The molecule has 1 aliphatic heterocycles. The first-order chi connectivity index (χ1) is 8.34. The molecule has 2 fully saturated rings. The molecule has 1 heterocycles. The van der Waals surface area contributed by atoms with Gasteiger partial charge in [0.1, 0.15) is 5.78 Å². The summed E-state index contributed by atoms with van der Waals surface area (Å²) in [5, 5.41) is 3.68. The van der Waals surface area contributed by atoms with Crippen molar-refractivity contribution in [2.75, 3.05) is 0 Å². The number of hydrogen-bond acceptors (Lipinski definition) is 2. The molecule has 1 aliphatic carbocycles. The van der Waals surface area contributed by atoms with Gasteiger partial charge in [-0.2, -0.15) is 0 Å². The molecule has 1 N–H and O–H groups in total. The second kappa shape index (κ2) is 4.61. The van der Waals surface area contributed by atoms with Crippen LogP contribution in [0.1, 0.15) is 43.7 Å². The monoisotopic (exact) mass is 229 g/mol. The van der Waals surface area contributed by atoms with Crippen molar-refractivity contribution in [2.24, 2.45) is 5.92 Å². The molecule has 0 amide bonds. The zero-order valence-corrected chi connectivity index (χ0v) is 10.1. The van der Waals surface area contributed by atoms with Crippen LogP contribution in [0.2, 0.25) is 0 Å². The van der Waals surface area contributed by atoms with Crippen LogP contribution in [0.15, 0.2) is 30.3 Å². The van der Waals surface area contributed by atoms with Crippen LogP contribution in [0, 0.1) is 5.92 Å². The zero-order valence-electron chi connectivity index (χ0n) is 10.1. The lowest BCUT2D eigenvalue weighted by Crippen LogP contribution is -2.49. The largest absolute Gasteiger partial charge is 0.306 e. The van der Waals surface area contributed by atoms with Crippen molar-refractivity contribution in [3.05, 3.63) is 35.9 Å². The number of piperidine rings is 1. The summed E-state index contributed by atoms with van der Waals surface area (Å²) in [7, 11) is 0. The Bertz CT molecular complexity index is 401. The Morgan fingerprint density at radius 2 is 1.82 bits per heavy atom. The van der Waals surface area contributed by atoms with Gasteiger partial charge in [0, 0.05) is 24.4 Å². The molecule has 1 saturated carbocycles. The molecule has 2 nitrogen and oxygen atoms in total. The number of ketones is 1. The first-order valence-corrected chi connectivity index (χ1v) is 6.68. The van der Waals surface area contributed by atoms with Gasteiger partial charge in [-0.1, -0.05) is 43.2 Å². The lowest BCUT2D eigenvalue weighted by Gasteiger charge is -2.39. The van der Waals surface area contributed by atoms with E-state index >= 15 is 0 Å². The Kier molecular flexibility index (Phi) is 2.98. The van der Waals surface area contributed by atoms with Crippen molar-refractivity contribution in [2.45, 2.75) is 44.2 Å². The predicted octanol–water partition coefficient (Wildman–Crippen LogP) is 2.85. The molecule has 90 valence electrons. The quantitative estimate of drug-likeness (QED) is 0.802. The van der Waals surface area contributed by atoms with Crippen LogP contribution in [0.3, 0.4) is 0 Å². The smallest absolute Gasteiger partial charge is 0.139 e. The standard InChI is InChI=1S/C15H19NO/c17-15-10-14(11-6-2-1-3-7-11)16-13-9-5-4-8-12(13)15/h1-3,6-7,12-14,16H,4-5,8-10H2. The molecule has 2 aliphatic rings. The van der Waals surface area contributed by atoms with Crippen LogP contribution in [-0.4, -0.2) is 11.8 Å². The molecule has 0 aromatic heterocycles. The summed E-state index contributed by atoms with van der Waals surface area (Å²) in [5.74, 6) is 0.769. The lowest BCUT2D eigenvalue weighted by atomic mass is 9.76. The summed E-state index contributed by atoms with van der Waals surface area (Å²) >= 11 is 0. The van der Waals surface area contributed by atoms with Gasteiger partial charge in [-0.3, -0.25) is 4.79 Å². The van der Waals surface area contributed by atoms with Crippen LogP contribution in [0.4, 0.5) is 0 Å². The maximum atomic E-state index is 12.2. The van der Waals surface area contributed by atoms with Gasteiger partial charge in [-0.05, 0) is 18.4 Å². The summed E-state index contributed by atoms with van der Waals surface area (Å²) < 4.78 is 0. The third kappa shape index (κ3) is 2.14. The molecular weight excluding hydrogens is 210 g/mol. The predicted molar refractivity (Wildman–Crippen MR) is 67.7 cm³/mol. The van der Waals surface area contributed by atoms with Gasteiger partial charge in [-0.25, -0.2) is 0 Å². The fourth-order valence-electron chi connectivity index (χ4n) is 3.29. The van der Waals surface area contributed by atoms with E-state index in [1.807, 2.05) is 6.07 Å². The maximum Gasteiger partial charge on any atom is 0.139 e. The van der Waals surface area contributed by atoms with E-state index in [9.17, 15) is 4.79 Å². The Balaban J connectivity index is 1.79. The van der Waals surface area contributed by atoms with Gasteiger partial charge in [0.2, 0.25) is 0 Å². The zero-order chi connectivity index (χ0) is 11.7. The van der Waals surface area contributed by atoms with Crippen molar-refractivity contribution in [3.63, 3.8) is 0 Å². The van der Waals surface area contributed by atoms with E-state index in [1.165, 1.54) is 24.8 Å². The maximum absolute atomic E-state index is 12.2. The molecule has 1 saturated heterocycles. The number of hydrogen-bond donors (Lipinski definition) is 1. The Morgan fingerprint density at radius 3 is 2.65 bits per heavy atom. The SMILES string of the molecule is O=C1CC(c2ccccc2)NC2CCCCC12. The lowest BCUT2D eigenvalue weighted by molar-refractivity contribution is -0.127. The van der Waals surface area contributed by atoms with Gasteiger partial charge < -0.3 is 5.32 Å². The highest BCUT2D eigenvalue weighted by Gasteiger charge is 2.37. The minimum Gasteiger partial charge on any atom is -0.306 e. The second-order valence-electron chi connectivity index (χ2n) is 5.30. The molecule has 2 heteroatoms. The van der Waals surface area contributed by atoms with E-state index in [0.29, 0.717) is 24.2 Å². The molecule has 0 spiro atoms. The summed E-state index contributed by atoms with van der Waals surface area (Å²) in [5.41, 5.74) is 1.25. The fraction of sp³-hybridized carbons (Fsp3) is 0.533. The number of carbonyl (C=O) groups is 1. The number of benzene rings is 1. The highest BCUT2D eigenvalue weighted by Crippen LogP contribution is 2.34. The van der Waals surface area contributed by atoms with Crippen LogP contribution >= 0.6 is 0 Å². The molecule has 1 aromatic carbocycles. The van der Waals surface area contributed by atoms with Gasteiger partial charge >= 0.3 is 0 Å². The van der Waals surface area contributed by atoms with E-state index in [0.717, 1.165) is 6.42 Å². The molecule has 3 unspecified atom stereocenters. The number of Topliss-reactive ketones (excluding diaryl/α,β-unsaturated/α-hetero) is 1. The third-order valence-electron chi connectivity index (χ3n) is 4.20. The van der Waals surface area contributed by atoms with E-state index in [2.05, 4.69) is 29.6 Å². The van der Waals surface area contributed by atoms with Crippen LogP contribution in [0.5, 0.6) is 0 Å². The molecule has 3 atom stereocenters.